The second kappa shape index (κ2) is 7.25. The largest absolute Gasteiger partial charge is 0.302 e. The van der Waals surface area contributed by atoms with Gasteiger partial charge in [0.2, 0.25) is 5.91 Å². The van der Waals surface area contributed by atoms with Gasteiger partial charge in [0.15, 0.2) is 15.0 Å². The highest BCUT2D eigenvalue weighted by molar-refractivity contribution is 7.91. The Bertz CT molecular complexity index is 870. The zero-order valence-corrected chi connectivity index (χ0v) is 16.0. The summed E-state index contributed by atoms with van der Waals surface area (Å²) in [5, 5.41) is 3.53. The molecule has 1 amide bonds. The lowest BCUT2D eigenvalue weighted by atomic mass is 9.93. The normalized spacial score (nSPS) is 17.1. The zero-order valence-electron chi connectivity index (χ0n) is 14.4. The van der Waals surface area contributed by atoms with Crippen LogP contribution in [-0.2, 0) is 33.9 Å². The van der Waals surface area contributed by atoms with Gasteiger partial charge in [-0.2, -0.15) is 0 Å². The number of thiazole rings is 1. The SMILES string of the molecule is CCS(=O)(=O)c1ccc(CC(=O)Nc2nc3c(s2)CC(C)CC3)cc1. The third-order valence-electron chi connectivity index (χ3n) is 4.46. The van der Waals surface area contributed by atoms with Gasteiger partial charge in [0.25, 0.3) is 0 Å². The van der Waals surface area contributed by atoms with E-state index < -0.39 is 9.84 Å². The average molecular weight is 379 g/mol. The maximum Gasteiger partial charge on any atom is 0.230 e. The molecular weight excluding hydrogens is 356 g/mol. The molecular formula is C18H22N2O3S2. The van der Waals surface area contributed by atoms with Crippen molar-refractivity contribution < 1.29 is 13.2 Å². The fourth-order valence-electron chi connectivity index (χ4n) is 2.92. The van der Waals surface area contributed by atoms with Crippen LogP contribution in [0.15, 0.2) is 29.2 Å². The van der Waals surface area contributed by atoms with E-state index >= 15 is 0 Å². The number of carbonyl (C=O) groups is 1. The van der Waals surface area contributed by atoms with Crippen LogP contribution in [0.1, 0.15) is 36.4 Å². The van der Waals surface area contributed by atoms with Crippen molar-refractivity contribution in [2.45, 2.75) is 44.4 Å². The van der Waals surface area contributed by atoms with Crippen LogP contribution in [0.5, 0.6) is 0 Å². The summed E-state index contributed by atoms with van der Waals surface area (Å²) in [7, 11) is -3.21. The Balaban J connectivity index is 1.63. The van der Waals surface area contributed by atoms with Crippen molar-refractivity contribution in [2.24, 2.45) is 5.92 Å². The molecule has 5 nitrogen and oxygen atoms in total. The summed E-state index contributed by atoms with van der Waals surface area (Å²) < 4.78 is 23.6. The molecule has 1 atom stereocenters. The standard InChI is InChI=1S/C18H22N2O3S2/c1-3-25(22,23)14-7-5-13(6-8-14)11-17(21)20-18-19-15-9-4-12(2)10-16(15)24-18/h5-8,12H,3-4,9-11H2,1-2H3,(H,19,20,21). The Labute approximate surface area is 152 Å². The number of carbonyl (C=O) groups excluding carboxylic acids is 1. The van der Waals surface area contributed by atoms with Crippen LogP contribution in [-0.4, -0.2) is 25.1 Å². The van der Waals surface area contributed by atoms with Crippen LogP contribution in [0.2, 0.25) is 0 Å². The summed E-state index contributed by atoms with van der Waals surface area (Å²) in [6.45, 7) is 3.86. The van der Waals surface area contributed by atoms with Crippen molar-refractivity contribution in [3.63, 3.8) is 0 Å². The van der Waals surface area contributed by atoms with Gasteiger partial charge in [-0.25, -0.2) is 13.4 Å². The Morgan fingerprint density at radius 1 is 1.32 bits per heavy atom. The number of hydrogen-bond donors (Lipinski definition) is 1. The highest BCUT2D eigenvalue weighted by atomic mass is 32.2. The van der Waals surface area contributed by atoms with Gasteiger partial charge in [-0.1, -0.05) is 26.0 Å². The summed E-state index contributed by atoms with van der Waals surface area (Å²) >= 11 is 1.56. The van der Waals surface area contributed by atoms with Gasteiger partial charge in [0, 0.05) is 4.88 Å². The molecule has 1 aromatic heterocycles. The molecule has 0 aliphatic heterocycles. The van der Waals surface area contributed by atoms with E-state index in [1.54, 1.807) is 42.5 Å². The van der Waals surface area contributed by atoms with Gasteiger partial charge >= 0.3 is 0 Å². The van der Waals surface area contributed by atoms with E-state index in [1.807, 2.05) is 0 Å². The van der Waals surface area contributed by atoms with Crippen LogP contribution in [0.25, 0.3) is 0 Å². The van der Waals surface area contributed by atoms with Crippen molar-refractivity contribution in [2.75, 3.05) is 11.1 Å². The first kappa shape index (κ1) is 18.1. The molecule has 2 aromatic rings. The van der Waals surface area contributed by atoms with E-state index in [1.165, 1.54) is 4.88 Å². The van der Waals surface area contributed by atoms with Gasteiger partial charge in [-0.05, 0) is 42.9 Å². The maximum absolute atomic E-state index is 12.2. The number of aryl methyl sites for hydroxylation is 1. The number of aromatic nitrogens is 1. The van der Waals surface area contributed by atoms with Crippen LogP contribution in [0, 0.1) is 5.92 Å². The number of sulfone groups is 1. The van der Waals surface area contributed by atoms with Crippen molar-refractivity contribution in [3.8, 4) is 0 Å². The van der Waals surface area contributed by atoms with Crippen LogP contribution in [0.4, 0.5) is 5.13 Å². The van der Waals surface area contributed by atoms with Crippen LogP contribution < -0.4 is 5.32 Å². The molecule has 1 heterocycles. The van der Waals surface area contributed by atoms with Crippen LogP contribution in [0.3, 0.4) is 0 Å². The lowest BCUT2D eigenvalue weighted by Crippen LogP contribution is -2.14. The molecule has 0 radical (unpaired) electrons. The van der Waals surface area contributed by atoms with Gasteiger partial charge in [-0.15, -0.1) is 11.3 Å². The molecule has 7 heteroatoms. The van der Waals surface area contributed by atoms with Gasteiger partial charge in [-0.3, -0.25) is 4.79 Å². The molecule has 1 aliphatic carbocycles. The van der Waals surface area contributed by atoms with E-state index in [4.69, 9.17) is 0 Å². The first-order chi connectivity index (χ1) is 11.9. The van der Waals surface area contributed by atoms with Crippen LogP contribution >= 0.6 is 11.3 Å². The fraction of sp³-hybridized carbons (Fsp3) is 0.444. The monoisotopic (exact) mass is 378 g/mol. The number of fused-ring (bicyclic) bond motifs is 1. The summed E-state index contributed by atoms with van der Waals surface area (Å²) in [5.41, 5.74) is 1.90. The smallest absolute Gasteiger partial charge is 0.230 e. The van der Waals surface area contributed by atoms with Crippen molar-refractivity contribution in [1.82, 2.24) is 4.98 Å². The molecule has 1 aromatic carbocycles. The molecule has 25 heavy (non-hydrogen) atoms. The van der Waals surface area contributed by atoms with E-state index in [0.29, 0.717) is 15.9 Å². The third-order valence-corrected chi connectivity index (χ3v) is 7.25. The van der Waals surface area contributed by atoms with E-state index in [0.717, 1.165) is 30.5 Å². The summed E-state index contributed by atoms with van der Waals surface area (Å²) in [5.74, 6) is 0.611. The lowest BCUT2D eigenvalue weighted by molar-refractivity contribution is -0.115. The zero-order chi connectivity index (χ0) is 18.0. The molecule has 0 saturated heterocycles. The quantitative estimate of drug-likeness (QED) is 0.866. The number of nitrogens with one attached hydrogen (secondary N) is 1. The van der Waals surface area contributed by atoms with Crippen molar-refractivity contribution >= 4 is 32.2 Å². The minimum Gasteiger partial charge on any atom is -0.302 e. The molecule has 0 saturated carbocycles. The molecule has 3 rings (SSSR count). The maximum atomic E-state index is 12.2. The summed E-state index contributed by atoms with van der Waals surface area (Å²) in [6, 6.07) is 6.50. The predicted molar refractivity (Wildman–Crippen MR) is 99.8 cm³/mol. The predicted octanol–water partition coefficient (Wildman–Crippen LogP) is 3.24. The number of rotatable bonds is 5. The highest BCUT2D eigenvalue weighted by Crippen LogP contribution is 2.32. The molecule has 0 bridgehead atoms. The molecule has 134 valence electrons. The molecule has 0 fully saturated rings. The Hall–Kier alpha value is -1.73. The van der Waals surface area contributed by atoms with Gasteiger partial charge in [0.05, 0.1) is 22.8 Å². The highest BCUT2D eigenvalue weighted by Gasteiger charge is 2.20. The minimum absolute atomic E-state index is 0.0696. The van der Waals surface area contributed by atoms with E-state index in [9.17, 15) is 13.2 Å². The third kappa shape index (κ3) is 4.27. The first-order valence-corrected chi connectivity index (χ1v) is 10.9. The Kier molecular flexibility index (Phi) is 5.24. The summed E-state index contributed by atoms with van der Waals surface area (Å²) in [4.78, 5) is 18.3. The summed E-state index contributed by atoms with van der Waals surface area (Å²) in [6.07, 6.45) is 3.37. The average Bonchev–Trinajstić information content (AvgIpc) is 2.96. The number of hydrogen-bond acceptors (Lipinski definition) is 5. The first-order valence-electron chi connectivity index (χ1n) is 8.47. The number of nitrogens with zero attached hydrogens (tertiary/aromatic N) is 1. The van der Waals surface area contributed by atoms with Crippen molar-refractivity contribution in [1.29, 1.82) is 0 Å². The molecule has 0 spiro atoms. The lowest BCUT2D eigenvalue weighted by Gasteiger charge is -2.15. The number of anilines is 1. The van der Waals surface area contributed by atoms with E-state index in [-0.39, 0.29) is 18.1 Å². The van der Waals surface area contributed by atoms with E-state index in [2.05, 4.69) is 17.2 Å². The Morgan fingerprint density at radius 3 is 2.72 bits per heavy atom. The Morgan fingerprint density at radius 2 is 2.04 bits per heavy atom. The fourth-order valence-corrected chi connectivity index (χ4v) is 5.00. The molecule has 1 N–H and O–H groups in total. The van der Waals surface area contributed by atoms with Gasteiger partial charge in [0.1, 0.15) is 0 Å². The minimum atomic E-state index is -3.21. The van der Waals surface area contributed by atoms with Crippen molar-refractivity contribution in [3.05, 3.63) is 40.4 Å². The molecule has 1 unspecified atom stereocenters. The second-order valence-electron chi connectivity index (χ2n) is 6.51. The second-order valence-corrected chi connectivity index (χ2v) is 9.87. The number of benzene rings is 1. The number of amides is 1. The molecule has 1 aliphatic rings. The van der Waals surface area contributed by atoms with Gasteiger partial charge < -0.3 is 5.32 Å². The topological polar surface area (TPSA) is 76.1 Å².